The number of nitrogens with zero attached hydrogens (tertiary/aromatic N) is 2. The van der Waals surface area contributed by atoms with E-state index in [1.54, 1.807) is 0 Å². The molecule has 1 saturated heterocycles. The predicted octanol–water partition coefficient (Wildman–Crippen LogP) is 2.31. The topological polar surface area (TPSA) is 36.4 Å². The van der Waals surface area contributed by atoms with Gasteiger partial charge in [0.15, 0.2) is 0 Å². The van der Waals surface area contributed by atoms with Crippen LogP contribution in [0.1, 0.15) is 18.4 Å². The lowest BCUT2D eigenvalue weighted by atomic mass is 10.1. The molecule has 3 nitrogen and oxygen atoms in total. The lowest BCUT2D eigenvalue weighted by Gasteiger charge is -2.18. The summed E-state index contributed by atoms with van der Waals surface area (Å²) in [6, 6.07) is 2.46. The van der Waals surface area contributed by atoms with Gasteiger partial charge in [0.25, 0.3) is 0 Å². The molecule has 0 aromatic carbocycles. The maximum absolute atomic E-state index is 12.4. The van der Waals surface area contributed by atoms with Crippen LogP contribution in [-0.4, -0.2) is 29.8 Å². The standard InChI is InChI=1S/C12H15F3N2O/c13-12(14,15)10-1-2-11(16-7-10)17-5-3-9(8-17)4-6-18/h1-2,7,9,18H,3-6,8H2. The zero-order chi connectivity index (χ0) is 13.2. The van der Waals surface area contributed by atoms with Gasteiger partial charge in [-0.05, 0) is 30.9 Å². The Morgan fingerprint density at radius 2 is 2.17 bits per heavy atom. The molecule has 18 heavy (non-hydrogen) atoms. The summed E-state index contributed by atoms with van der Waals surface area (Å²) in [4.78, 5) is 5.82. The molecule has 1 N–H and O–H groups in total. The highest BCUT2D eigenvalue weighted by molar-refractivity contribution is 5.40. The second-order valence-corrected chi connectivity index (χ2v) is 4.52. The monoisotopic (exact) mass is 260 g/mol. The molecule has 0 radical (unpaired) electrons. The van der Waals surface area contributed by atoms with Gasteiger partial charge in [-0.3, -0.25) is 0 Å². The highest BCUT2D eigenvalue weighted by Crippen LogP contribution is 2.30. The van der Waals surface area contributed by atoms with Crippen LogP contribution in [-0.2, 0) is 6.18 Å². The van der Waals surface area contributed by atoms with Gasteiger partial charge in [-0.15, -0.1) is 0 Å². The van der Waals surface area contributed by atoms with Crippen LogP contribution in [0.5, 0.6) is 0 Å². The normalized spacial score (nSPS) is 20.4. The molecule has 0 bridgehead atoms. The van der Waals surface area contributed by atoms with Crippen molar-refractivity contribution in [2.75, 3.05) is 24.6 Å². The third kappa shape index (κ3) is 2.93. The Kier molecular flexibility index (Phi) is 3.75. The van der Waals surface area contributed by atoms with Crippen LogP contribution in [0.2, 0.25) is 0 Å². The molecule has 6 heteroatoms. The first-order valence-corrected chi connectivity index (χ1v) is 5.90. The van der Waals surface area contributed by atoms with Crippen molar-refractivity contribution in [1.82, 2.24) is 4.98 Å². The minimum absolute atomic E-state index is 0.152. The molecule has 100 valence electrons. The quantitative estimate of drug-likeness (QED) is 0.906. The minimum atomic E-state index is -4.34. The van der Waals surface area contributed by atoms with E-state index in [0.29, 0.717) is 11.7 Å². The number of pyridine rings is 1. The number of alkyl halides is 3. The van der Waals surface area contributed by atoms with E-state index in [4.69, 9.17) is 5.11 Å². The molecule has 1 fully saturated rings. The highest BCUT2D eigenvalue weighted by atomic mass is 19.4. The van der Waals surface area contributed by atoms with Crippen LogP contribution in [0, 0.1) is 5.92 Å². The number of rotatable bonds is 3. The summed E-state index contributed by atoms with van der Waals surface area (Å²) >= 11 is 0. The van der Waals surface area contributed by atoms with Crippen LogP contribution in [0.4, 0.5) is 19.0 Å². The Bertz CT molecular complexity index is 391. The first-order chi connectivity index (χ1) is 8.50. The maximum Gasteiger partial charge on any atom is 0.417 e. The number of hydrogen-bond donors (Lipinski definition) is 1. The van der Waals surface area contributed by atoms with Crippen molar-refractivity contribution in [2.45, 2.75) is 19.0 Å². The third-order valence-electron chi connectivity index (χ3n) is 3.22. The summed E-state index contributed by atoms with van der Waals surface area (Å²) in [6.07, 6.45) is -1.79. The third-order valence-corrected chi connectivity index (χ3v) is 3.22. The van der Waals surface area contributed by atoms with Gasteiger partial charge in [0, 0.05) is 25.9 Å². The van der Waals surface area contributed by atoms with E-state index in [-0.39, 0.29) is 6.61 Å². The first-order valence-electron chi connectivity index (χ1n) is 5.90. The van der Waals surface area contributed by atoms with Crippen molar-refractivity contribution < 1.29 is 18.3 Å². The maximum atomic E-state index is 12.4. The lowest BCUT2D eigenvalue weighted by Crippen LogP contribution is -2.21. The van der Waals surface area contributed by atoms with E-state index in [1.165, 1.54) is 6.07 Å². The Balaban J connectivity index is 2.03. The predicted molar refractivity (Wildman–Crippen MR) is 61.3 cm³/mol. The van der Waals surface area contributed by atoms with Gasteiger partial charge in [-0.2, -0.15) is 13.2 Å². The molecule has 1 aliphatic rings. The molecule has 1 unspecified atom stereocenters. The fourth-order valence-corrected chi connectivity index (χ4v) is 2.20. The van der Waals surface area contributed by atoms with Crippen molar-refractivity contribution in [3.63, 3.8) is 0 Å². The van der Waals surface area contributed by atoms with Crippen molar-refractivity contribution in [2.24, 2.45) is 5.92 Å². The fraction of sp³-hybridized carbons (Fsp3) is 0.583. The molecule has 0 spiro atoms. The van der Waals surface area contributed by atoms with Gasteiger partial charge in [0.05, 0.1) is 5.56 Å². The molecule has 2 heterocycles. The summed E-state index contributed by atoms with van der Waals surface area (Å²) in [6.45, 7) is 1.68. The number of aliphatic hydroxyl groups excluding tert-OH is 1. The molecule has 0 aliphatic carbocycles. The van der Waals surface area contributed by atoms with E-state index >= 15 is 0 Å². The number of halogens is 3. The van der Waals surface area contributed by atoms with E-state index in [1.807, 2.05) is 4.90 Å². The second-order valence-electron chi connectivity index (χ2n) is 4.52. The average molecular weight is 260 g/mol. The lowest BCUT2D eigenvalue weighted by molar-refractivity contribution is -0.137. The van der Waals surface area contributed by atoms with Crippen molar-refractivity contribution >= 4 is 5.82 Å². The molecule has 1 aliphatic heterocycles. The van der Waals surface area contributed by atoms with Gasteiger partial charge in [0.1, 0.15) is 5.82 Å². The van der Waals surface area contributed by atoms with Crippen molar-refractivity contribution in [3.8, 4) is 0 Å². The van der Waals surface area contributed by atoms with Crippen LogP contribution in [0.15, 0.2) is 18.3 Å². The summed E-state index contributed by atoms with van der Waals surface area (Å²) in [5, 5.41) is 8.85. The van der Waals surface area contributed by atoms with E-state index in [2.05, 4.69) is 4.98 Å². The average Bonchev–Trinajstić information content (AvgIpc) is 2.77. The van der Waals surface area contributed by atoms with Crippen LogP contribution in [0.25, 0.3) is 0 Å². The van der Waals surface area contributed by atoms with Gasteiger partial charge < -0.3 is 10.0 Å². The Labute approximate surface area is 103 Å². The zero-order valence-corrected chi connectivity index (χ0v) is 9.82. The summed E-state index contributed by atoms with van der Waals surface area (Å²) in [5.74, 6) is 0.975. The number of aromatic nitrogens is 1. The SMILES string of the molecule is OCCC1CCN(c2ccc(C(F)(F)F)cn2)C1. The second kappa shape index (κ2) is 5.14. The molecule has 2 rings (SSSR count). The molecule has 0 amide bonds. The van der Waals surface area contributed by atoms with Gasteiger partial charge in [-0.1, -0.05) is 0 Å². The van der Waals surface area contributed by atoms with Crippen LogP contribution in [0.3, 0.4) is 0 Å². The fourth-order valence-electron chi connectivity index (χ4n) is 2.20. The Morgan fingerprint density at radius 1 is 1.39 bits per heavy atom. The smallest absolute Gasteiger partial charge is 0.396 e. The zero-order valence-electron chi connectivity index (χ0n) is 9.82. The Morgan fingerprint density at radius 3 is 2.72 bits per heavy atom. The van der Waals surface area contributed by atoms with Gasteiger partial charge >= 0.3 is 6.18 Å². The minimum Gasteiger partial charge on any atom is -0.396 e. The Hall–Kier alpha value is -1.30. The van der Waals surface area contributed by atoms with Crippen LogP contribution < -0.4 is 4.90 Å². The molecule has 1 aromatic heterocycles. The largest absolute Gasteiger partial charge is 0.417 e. The summed E-state index contributed by atoms with van der Waals surface area (Å²) in [7, 11) is 0. The highest BCUT2D eigenvalue weighted by Gasteiger charge is 2.31. The molecular formula is C12H15F3N2O. The van der Waals surface area contributed by atoms with E-state index < -0.39 is 11.7 Å². The molecular weight excluding hydrogens is 245 g/mol. The van der Waals surface area contributed by atoms with Crippen molar-refractivity contribution in [1.29, 1.82) is 0 Å². The number of anilines is 1. The van der Waals surface area contributed by atoms with E-state index in [0.717, 1.165) is 38.2 Å². The van der Waals surface area contributed by atoms with Crippen molar-refractivity contribution in [3.05, 3.63) is 23.9 Å². The van der Waals surface area contributed by atoms with Crippen LogP contribution >= 0.6 is 0 Å². The number of hydrogen-bond acceptors (Lipinski definition) is 3. The van der Waals surface area contributed by atoms with Gasteiger partial charge in [0.2, 0.25) is 0 Å². The summed E-state index contributed by atoms with van der Waals surface area (Å²) < 4.78 is 37.1. The van der Waals surface area contributed by atoms with E-state index in [9.17, 15) is 13.2 Å². The number of aliphatic hydroxyl groups is 1. The molecule has 0 saturated carbocycles. The summed E-state index contributed by atoms with van der Waals surface area (Å²) in [5.41, 5.74) is -0.725. The first kappa shape index (κ1) is 13.1. The van der Waals surface area contributed by atoms with Gasteiger partial charge in [-0.25, -0.2) is 4.98 Å². The molecule has 1 aromatic rings. The molecule has 1 atom stereocenters.